The van der Waals surface area contributed by atoms with Crippen LogP contribution in [0.2, 0.25) is 0 Å². The van der Waals surface area contributed by atoms with Crippen molar-refractivity contribution in [2.24, 2.45) is 0 Å². The fourth-order valence-corrected chi connectivity index (χ4v) is 2.32. The van der Waals surface area contributed by atoms with Gasteiger partial charge in [-0.3, -0.25) is 0 Å². The third kappa shape index (κ3) is 5.06. The van der Waals surface area contributed by atoms with Crippen LogP contribution in [0.1, 0.15) is 12.5 Å². The van der Waals surface area contributed by atoms with Crippen LogP contribution in [0.25, 0.3) is 0 Å². The SMILES string of the molecule is CCNCc1ccccc1N(C)CCS(C)(=O)=O. The number of para-hydroxylation sites is 1. The summed E-state index contributed by atoms with van der Waals surface area (Å²) in [6.45, 7) is 4.30. The Labute approximate surface area is 110 Å². The molecule has 0 atom stereocenters. The normalized spacial score (nSPS) is 11.5. The molecule has 0 aliphatic heterocycles. The minimum absolute atomic E-state index is 0.180. The quantitative estimate of drug-likeness (QED) is 0.811. The number of rotatable bonds is 7. The first kappa shape index (κ1) is 15.0. The first-order chi connectivity index (χ1) is 8.44. The molecule has 0 unspecified atom stereocenters. The Morgan fingerprint density at radius 2 is 1.94 bits per heavy atom. The standard InChI is InChI=1S/C13H22N2O2S/c1-4-14-11-12-7-5-6-8-13(12)15(2)9-10-18(3,16)17/h5-8,14H,4,9-11H2,1-3H3. The van der Waals surface area contributed by atoms with E-state index in [0.29, 0.717) is 6.54 Å². The fraction of sp³-hybridized carbons (Fsp3) is 0.538. The van der Waals surface area contributed by atoms with Crippen LogP contribution < -0.4 is 10.2 Å². The smallest absolute Gasteiger partial charge is 0.149 e. The molecule has 1 rings (SSSR count). The number of hydrogen-bond acceptors (Lipinski definition) is 4. The van der Waals surface area contributed by atoms with Crippen molar-refractivity contribution in [1.82, 2.24) is 5.32 Å². The lowest BCUT2D eigenvalue weighted by Crippen LogP contribution is -2.26. The Hall–Kier alpha value is -1.07. The van der Waals surface area contributed by atoms with E-state index in [1.165, 1.54) is 11.8 Å². The van der Waals surface area contributed by atoms with Crippen LogP contribution in [0, 0.1) is 0 Å². The molecular formula is C13H22N2O2S. The van der Waals surface area contributed by atoms with Crippen molar-refractivity contribution in [2.45, 2.75) is 13.5 Å². The second kappa shape index (κ2) is 6.75. The van der Waals surface area contributed by atoms with Crippen molar-refractivity contribution in [1.29, 1.82) is 0 Å². The van der Waals surface area contributed by atoms with Crippen molar-refractivity contribution in [3.63, 3.8) is 0 Å². The van der Waals surface area contributed by atoms with E-state index in [4.69, 9.17) is 0 Å². The van der Waals surface area contributed by atoms with Gasteiger partial charge in [-0.15, -0.1) is 0 Å². The predicted molar refractivity (Wildman–Crippen MR) is 76.8 cm³/mol. The van der Waals surface area contributed by atoms with Crippen LogP contribution >= 0.6 is 0 Å². The monoisotopic (exact) mass is 270 g/mol. The Kier molecular flexibility index (Phi) is 5.62. The van der Waals surface area contributed by atoms with Crippen LogP contribution in [0.4, 0.5) is 5.69 Å². The number of benzene rings is 1. The number of sulfone groups is 1. The fourth-order valence-electron chi connectivity index (χ4n) is 1.72. The number of nitrogens with one attached hydrogen (secondary N) is 1. The second-order valence-electron chi connectivity index (χ2n) is 4.46. The van der Waals surface area contributed by atoms with Gasteiger partial charge >= 0.3 is 0 Å². The topological polar surface area (TPSA) is 49.4 Å². The first-order valence-electron chi connectivity index (χ1n) is 6.11. The molecule has 0 spiro atoms. The molecule has 0 heterocycles. The number of anilines is 1. The number of nitrogens with zero attached hydrogens (tertiary/aromatic N) is 1. The molecule has 1 aromatic rings. The molecule has 0 amide bonds. The van der Waals surface area contributed by atoms with Gasteiger partial charge in [0.2, 0.25) is 0 Å². The highest BCUT2D eigenvalue weighted by Crippen LogP contribution is 2.18. The van der Waals surface area contributed by atoms with Gasteiger partial charge in [-0.1, -0.05) is 25.1 Å². The maximum absolute atomic E-state index is 11.2. The van der Waals surface area contributed by atoms with E-state index in [1.54, 1.807) is 0 Å². The average Bonchev–Trinajstić information content (AvgIpc) is 2.33. The Balaban J connectivity index is 2.74. The summed E-state index contributed by atoms with van der Waals surface area (Å²) >= 11 is 0. The molecule has 102 valence electrons. The van der Waals surface area contributed by atoms with Crippen molar-refractivity contribution in [2.75, 3.05) is 37.0 Å². The minimum Gasteiger partial charge on any atom is -0.373 e. The number of hydrogen-bond donors (Lipinski definition) is 1. The molecule has 4 nitrogen and oxygen atoms in total. The molecule has 18 heavy (non-hydrogen) atoms. The van der Waals surface area contributed by atoms with Crippen LogP contribution in [0.5, 0.6) is 0 Å². The molecule has 0 bridgehead atoms. The van der Waals surface area contributed by atoms with Gasteiger partial charge in [0.15, 0.2) is 0 Å². The lowest BCUT2D eigenvalue weighted by molar-refractivity contribution is 0.601. The maximum atomic E-state index is 11.2. The van der Waals surface area contributed by atoms with Crippen molar-refractivity contribution < 1.29 is 8.42 Å². The lowest BCUT2D eigenvalue weighted by atomic mass is 10.1. The molecule has 0 saturated heterocycles. The van der Waals surface area contributed by atoms with E-state index in [9.17, 15) is 8.42 Å². The molecule has 0 aromatic heterocycles. The van der Waals surface area contributed by atoms with E-state index in [0.717, 1.165) is 18.8 Å². The summed E-state index contributed by atoms with van der Waals surface area (Å²) in [6, 6.07) is 8.06. The van der Waals surface area contributed by atoms with E-state index in [2.05, 4.69) is 18.3 Å². The summed E-state index contributed by atoms with van der Waals surface area (Å²) in [6.07, 6.45) is 1.27. The van der Waals surface area contributed by atoms with Crippen LogP contribution in [-0.4, -0.2) is 40.6 Å². The van der Waals surface area contributed by atoms with Crippen molar-refractivity contribution >= 4 is 15.5 Å². The van der Waals surface area contributed by atoms with Gasteiger partial charge in [0, 0.05) is 32.1 Å². The van der Waals surface area contributed by atoms with Gasteiger partial charge in [0.05, 0.1) is 5.75 Å². The molecule has 0 radical (unpaired) electrons. The zero-order valence-corrected chi connectivity index (χ0v) is 12.1. The third-order valence-electron chi connectivity index (χ3n) is 2.77. The average molecular weight is 270 g/mol. The van der Waals surface area contributed by atoms with Gasteiger partial charge in [0.1, 0.15) is 9.84 Å². The third-order valence-corrected chi connectivity index (χ3v) is 3.69. The largest absolute Gasteiger partial charge is 0.373 e. The van der Waals surface area contributed by atoms with Gasteiger partial charge in [-0.2, -0.15) is 0 Å². The van der Waals surface area contributed by atoms with Crippen molar-refractivity contribution in [3.05, 3.63) is 29.8 Å². The summed E-state index contributed by atoms with van der Waals surface area (Å²) in [5, 5.41) is 3.29. The molecule has 1 aromatic carbocycles. The molecular weight excluding hydrogens is 248 g/mol. The van der Waals surface area contributed by atoms with Gasteiger partial charge in [-0.25, -0.2) is 8.42 Å². The zero-order valence-electron chi connectivity index (χ0n) is 11.3. The summed E-state index contributed by atoms with van der Waals surface area (Å²) in [4.78, 5) is 1.99. The van der Waals surface area contributed by atoms with Gasteiger partial charge in [0.25, 0.3) is 0 Å². The van der Waals surface area contributed by atoms with Crippen LogP contribution in [0.15, 0.2) is 24.3 Å². The van der Waals surface area contributed by atoms with E-state index in [-0.39, 0.29) is 5.75 Å². The molecule has 0 fully saturated rings. The maximum Gasteiger partial charge on any atom is 0.149 e. The Morgan fingerprint density at radius 3 is 2.56 bits per heavy atom. The van der Waals surface area contributed by atoms with Crippen molar-refractivity contribution in [3.8, 4) is 0 Å². The highest BCUT2D eigenvalue weighted by molar-refractivity contribution is 7.90. The lowest BCUT2D eigenvalue weighted by Gasteiger charge is -2.22. The molecule has 0 saturated carbocycles. The highest BCUT2D eigenvalue weighted by Gasteiger charge is 2.09. The summed E-state index contributed by atoms with van der Waals surface area (Å²) in [7, 11) is -0.988. The predicted octanol–water partition coefficient (Wildman–Crippen LogP) is 1.28. The molecule has 1 N–H and O–H groups in total. The zero-order chi connectivity index (χ0) is 13.6. The first-order valence-corrected chi connectivity index (χ1v) is 8.17. The van der Waals surface area contributed by atoms with Gasteiger partial charge in [-0.05, 0) is 18.2 Å². The second-order valence-corrected chi connectivity index (χ2v) is 6.72. The van der Waals surface area contributed by atoms with E-state index >= 15 is 0 Å². The van der Waals surface area contributed by atoms with Gasteiger partial charge < -0.3 is 10.2 Å². The highest BCUT2D eigenvalue weighted by atomic mass is 32.2. The van der Waals surface area contributed by atoms with E-state index < -0.39 is 9.84 Å². The minimum atomic E-state index is -2.91. The summed E-state index contributed by atoms with van der Waals surface area (Å²) in [5.41, 5.74) is 2.28. The summed E-state index contributed by atoms with van der Waals surface area (Å²) in [5.74, 6) is 0.180. The molecule has 5 heteroatoms. The van der Waals surface area contributed by atoms with E-state index in [1.807, 2.05) is 30.1 Å². The Bertz CT molecular complexity index is 472. The summed E-state index contributed by atoms with van der Waals surface area (Å²) < 4.78 is 22.4. The Morgan fingerprint density at radius 1 is 1.28 bits per heavy atom. The molecule has 0 aliphatic rings. The van der Waals surface area contributed by atoms with Crippen LogP contribution in [0.3, 0.4) is 0 Å². The van der Waals surface area contributed by atoms with Crippen LogP contribution in [-0.2, 0) is 16.4 Å². The molecule has 0 aliphatic carbocycles.